The summed E-state index contributed by atoms with van der Waals surface area (Å²) in [5.74, 6) is 1.87. The number of hydrogen-bond donors (Lipinski definition) is 1. The number of hydrogen-bond acceptors (Lipinski definition) is 3. The van der Waals surface area contributed by atoms with Crippen LogP contribution in [-0.2, 0) is 6.54 Å². The van der Waals surface area contributed by atoms with E-state index in [1.165, 1.54) is 28.0 Å². The zero-order valence-corrected chi connectivity index (χ0v) is 18.5. The third kappa shape index (κ3) is 4.10. The molecular weight excluding hydrogens is 404 g/mol. The number of benzene rings is 1. The zero-order valence-electron chi connectivity index (χ0n) is 17.8. The van der Waals surface area contributed by atoms with Crippen LogP contribution in [0.25, 0.3) is 11.6 Å². The van der Waals surface area contributed by atoms with Crippen molar-refractivity contribution >= 4 is 23.3 Å². The number of pyridine rings is 1. The molecule has 0 bridgehead atoms. The van der Waals surface area contributed by atoms with Crippen molar-refractivity contribution in [2.45, 2.75) is 32.2 Å². The zero-order chi connectivity index (χ0) is 21.2. The molecule has 158 valence electrons. The molecule has 1 saturated heterocycles. The lowest BCUT2D eigenvalue weighted by Crippen LogP contribution is -2.32. The van der Waals surface area contributed by atoms with Crippen molar-refractivity contribution in [3.05, 3.63) is 94.3 Å². The highest BCUT2D eigenvalue weighted by atomic mass is 35.5. The molecule has 4 nitrogen and oxygen atoms in total. The fourth-order valence-electron chi connectivity index (χ4n) is 4.94. The molecule has 3 heterocycles. The highest BCUT2D eigenvalue weighted by molar-refractivity contribution is 6.30. The van der Waals surface area contributed by atoms with E-state index in [4.69, 9.17) is 16.6 Å². The van der Waals surface area contributed by atoms with Gasteiger partial charge >= 0.3 is 0 Å². The van der Waals surface area contributed by atoms with Crippen LogP contribution in [0, 0.1) is 12.8 Å². The molecule has 2 aliphatic rings. The molecule has 2 aromatic heterocycles. The van der Waals surface area contributed by atoms with Gasteiger partial charge in [-0.15, -0.1) is 0 Å². The number of rotatable bonds is 4. The fourth-order valence-corrected chi connectivity index (χ4v) is 5.12. The Labute approximate surface area is 188 Å². The summed E-state index contributed by atoms with van der Waals surface area (Å²) in [5, 5.41) is 4.28. The Kier molecular flexibility index (Phi) is 5.75. The number of allylic oxidation sites excluding steroid dienone is 3. The quantitative estimate of drug-likeness (QED) is 0.595. The van der Waals surface area contributed by atoms with Crippen molar-refractivity contribution < 1.29 is 0 Å². The largest absolute Gasteiger partial charge is 0.331 e. The molecule has 5 rings (SSSR count). The van der Waals surface area contributed by atoms with E-state index >= 15 is 0 Å². The summed E-state index contributed by atoms with van der Waals surface area (Å²) in [5.41, 5.74) is 6.13. The van der Waals surface area contributed by atoms with Gasteiger partial charge in [-0.2, -0.15) is 0 Å². The van der Waals surface area contributed by atoms with Crippen LogP contribution in [0.5, 0.6) is 0 Å². The average Bonchev–Trinajstić information content (AvgIpc) is 3.14. The average molecular weight is 431 g/mol. The highest BCUT2D eigenvalue weighted by Gasteiger charge is 2.32. The van der Waals surface area contributed by atoms with Crippen LogP contribution in [0.15, 0.2) is 61.1 Å². The van der Waals surface area contributed by atoms with Gasteiger partial charge in [0, 0.05) is 41.6 Å². The molecule has 0 amide bonds. The Morgan fingerprint density at radius 3 is 2.84 bits per heavy atom. The number of nitrogens with zero attached hydrogens (tertiary/aromatic N) is 3. The summed E-state index contributed by atoms with van der Waals surface area (Å²) < 4.78 is 2.14. The van der Waals surface area contributed by atoms with Crippen molar-refractivity contribution in [2.24, 2.45) is 5.92 Å². The maximum absolute atomic E-state index is 6.43. The third-order valence-corrected chi connectivity index (χ3v) is 6.75. The second-order valence-electron chi connectivity index (χ2n) is 8.40. The van der Waals surface area contributed by atoms with Crippen LogP contribution in [-0.4, -0.2) is 27.6 Å². The lowest BCUT2D eigenvalue weighted by atomic mass is 9.76. The van der Waals surface area contributed by atoms with Crippen molar-refractivity contribution in [1.82, 2.24) is 19.9 Å². The van der Waals surface area contributed by atoms with E-state index in [9.17, 15) is 0 Å². The standard InChI is InChI=1S/C26H27ClN4/c1-18-29-13-15-31(18)14-3-4-20-16-21-17-22(27)6-7-23(21)25(19-8-11-28-12-9-19)26-24(20)5-2-10-30-26/h2-7,10,13,15-17,19,25,28H,8-9,11-12,14H2,1H3/b4-3+. The molecule has 1 unspecified atom stereocenters. The summed E-state index contributed by atoms with van der Waals surface area (Å²) >= 11 is 6.43. The summed E-state index contributed by atoms with van der Waals surface area (Å²) in [6, 6.07) is 10.6. The number of nitrogens with one attached hydrogen (secondary N) is 1. The molecular formula is C26H27ClN4. The van der Waals surface area contributed by atoms with Crippen LogP contribution in [0.3, 0.4) is 0 Å². The lowest BCUT2D eigenvalue weighted by molar-refractivity contribution is 0.339. The number of imidazole rings is 1. The third-order valence-electron chi connectivity index (χ3n) is 6.52. The predicted octanol–water partition coefficient (Wildman–Crippen LogP) is 5.48. The first kappa shape index (κ1) is 20.2. The maximum Gasteiger partial charge on any atom is 0.105 e. The van der Waals surface area contributed by atoms with Gasteiger partial charge in [0.05, 0.1) is 5.69 Å². The van der Waals surface area contributed by atoms with Crippen molar-refractivity contribution in [3.8, 4) is 0 Å². The van der Waals surface area contributed by atoms with Gasteiger partial charge in [0.1, 0.15) is 5.82 Å². The minimum absolute atomic E-state index is 0.281. The maximum atomic E-state index is 6.43. The molecule has 31 heavy (non-hydrogen) atoms. The van der Waals surface area contributed by atoms with E-state index in [1.807, 2.05) is 37.6 Å². The Morgan fingerprint density at radius 2 is 2.03 bits per heavy atom. The van der Waals surface area contributed by atoms with E-state index in [2.05, 4.69) is 51.3 Å². The molecule has 0 radical (unpaired) electrons. The van der Waals surface area contributed by atoms with Crippen LogP contribution in [0.4, 0.5) is 0 Å². The summed E-state index contributed by atoms with van der Waals surface area (Å²) in [6.45, 7) is 4.95. The molecule has 1 aliphatic heterocycles. The molecule has 1 aromatic carbocycles. The number of aryl methyl sites for hydroxylation is 1. The summed E-state index contributed by atoms with van der Waals surface area (Å²) in [6.07, 6.45) is 14.8. The van der Waals surface area contributed by atoms with E-state index in [1.54, 1.807) is 0 Å². The van der Waals surface area contributed by atoms with E-state index in [0.717, 1.165) is 43.3 Å². The van der Waals surface area contributed by atoms with Gasteiger partial charge in [0.2, 0.25) is 0 Å². The Balaban J connectivity index is 1.60. The van der Waals surface area contributed by atoms with Crippen molar-refractivity contribution in [1.29, 1.82) is 0 Å². The number of aromatic nitrogens is 3. The molecule has 1 fully saturated rings. The van der Waals surface area contributed by atoms with Gasteiger partial charge in [0.25, 0.3) is 0 Å². The molecule has 5 heteroatoms. The second-order valence-corrected chi connectivity index (χ2v) is 8.84. The van der Waals surface area contributed by atoms with Gasteiger partial charge < -0.3 is 9.88 Å². The predicted molar refractivity (Wildman–Crippen MR) is 127 cm³/mol. The first-order chi connectivity index (χ1) is 15.2. The molecule has 0 spiro atoms. The molecule has 1 aliphatic carbocycles. The normalized spacial score (nSPS) is 19.0. The first-order valence-electron chi connectivity index (χ1n) is 11.0. The summed E-state index contributed by atoms with van der Waals surface area (Å²) in [7, 11) is 0. The molecule has 0 saturated carbocycles. The minimum atomic E-state index is 0.281. The Morgan fingerprint density at radius 1 is 1.16 bits per heavy atom. The van der Waals surface area contributed by atoms with Crippen LogP contribution < -0.4 is 5.32 Å². The van der Waals surface area contributed by atoms with Crippen molar-refractivity contribution in [2.75, 3.05) is 13.1 Å². The molecule has 1 atom stereocenters. The van der Waals surface area contributed by atoms with Gasteiger partial charge in [-0.1, -0.05) is 35.9 Å². The lowest BCUT2D eigenvalue weighted by Gasteiger charge is -2.32. The fraction of sp³-hybridized carbons (Fsp3) is 0.308. The summed E-state index contributed by atoms with van der Waals surface area (Å²) in [4.78, 5) is 9.26. The number of halogens is 1. The topological polar surface area (TPSA) is 42.7 Å². The van der Waals surface area contributed by atoms with Crippen LogP contribution in [0.2, 0.25) is 5.02 Å². The van der Waals surface area contributed by atoms with Gasteiger partial charge in [0.15, 0.2) is 0 Å². The van der Waals surface area contributed by atoms with Gasteiger partial charge in [-0.05, 0) is 79.7 Å². The van der Waals surface area contributed by atoms with Gasteiger partial charge in [-0.3, -0.25) is 4.98 Å². The number of fused-ring (bicyclic) bond motifs is 2. The monoisotopic (exact) mass is 430 g/mol. The Bertz CT molecular complexity index is 1140. The number of piperidine rings is 1. The van der Waals surface area contributed by atoms with E-state index < -0.39 is 0 Å². The highest BCUT2D eigenvalue weighted by Crippen LogP contribution is 2.44. The van der Waals surface area contributed by atoms with Crippen LogP contribution in [0.1, 0.15) is 47.0 Å². The molecule has 1 N–H and O–H groups in total. The SMILES string of the molecule is Cc1nccn1C/C=C/C1=Cc2cc(Cl)ccc2C(C2CCNCC2)c2ncccc21. The smallest absolute Gasteiger partial charge is 0.105 e. The van der Waals surface area contributed by atoms with Crippen LogP contribution >= 0.6 is 11.6 Å². The molecule has 3 aromatic rings. The minimum Gasteiger partial charge on any atom is -0.331 e. The Hall–Kier alpha value is -2.69. The van der Waals surface area contributed by atoms with E-state index in [0.29, 0.717) is 5.92 Å². The van der Waals surface area contributed by atoms with Gasteiger partial charge in [-0.25, -0.2) is 4.98 Å². The first-order valence-corrected chi connectivity index (χ1v) is 11.4. The van der Waals surface area contributed by atoms with Crippen molar-refractivity contribution in [3.63, 3.8) is 0 Å². The second kappa shape index (κ2) is 8.81. The van der Waals surface area contributed by atoms with E-state index in [-0.39, 0.29) is 5.92 Å².